The van der Waals surface area contributed by atoms with Crippen LogP contribution in [0.15, 0.2) is 150 Å². The lowest BCUT2D eigenvalue weighted by Crippen LogP contribution is -2.60. The Labute approximate surface area is 432 Å². The van der Waals surface area contributed by atoms with Crippen molar-refractivity contribution in [2.45, 2.75) is 119 Å². The molecule has 4 heterocycles. The van der Waals surface area contributed by atoms with Gasteiger partial charge in [0.05, 0.1) is 11.4 Å². The molecule has 0 amide bonds. The number of fused-ring (bicyclic) bond motifs is 12. The molecule has 10 aromatic rings. The number of aromatic nitrogens is 1. The van der Waals surface area contributed by atoms with E-state index in [0.29, 0.717) is 0 Å². The van der Waals surface area contributed by atoms with Crippen LogP contribution in [0, 0.1) is 20.8 Å². The second kappa shape index (κ2) is 15.2. The summed E-state index contributed by atoms with van der Waals surface area (Å²) in [5.74, 6) is 0. The maximum absolute atomic E-state index is 7.03. The summed E-state index contributed by atoms with van der Waals surface area (Å²) in [6.07, 6.45) is 0. The molecule has 0 spiro atoms. The van der Waals surface area contributed by atoms with Gasteiger partial charge < -0.3 is 18.8 Å². The van der Waals surface area contributed by atoms with Gasteiger partial charge in [-0.25, -0.2) is 0 Å². The van der Waals surface area contributed by atoms with Crippen molar-refractivity contribution in [1.82, 2.24) is 4.57 Å². The Balaban J connectivity index is 1.16. The predicted molar refractivity (Wildman–Crippen MR) is 312 cm³/mol. The maximum Gasteiger partial charge on any atom is 0.252 e. The van der Waals surface area contributed by atoms with Crippen molar-refractivity contribution >= 4 is 90.1 Å². The smallest absolute Gasteiger partial charge is 0.252 e. The highest BCUT2D eigenvalue weighted by Gasteiger charge is 2.48. The summed E-state index contributed by atoms with van der Waals surface area (Å²) >= 11 is 0. The molecule has 362 valence electrons. The number of anilines is 6. The van der Waals surface area contributed by atoms with Gasteiger partial charge in [0.25, 0.3) is 6.71 Å². The number of rotatable bonds is 4. The quantitative estimate of drug-likeness (QED) is 0.164. The Kier molecular flexibility index (Phi) is 9.48. The molecule has 4 nitrogen and oxygen atoms in total. The molecular weight excluding hydrogens is 886 g/mol. The van der Waals surface area contributed by atoms with Gasteiger partial charge >= 0.3 is 0 Å². The minimum absolute atomic E-state index is 0.0155. The fraction of sp³-hybridized carbons (Fsp3) is 0.265. The first-order chi connectivity index (χ1) is 34.6. The van der Waals surface area contributed by atoms with E-state index < -0.39 is 0 Å². The van der Waals surface area contributed by atoms with Crippen molar-refractivity contribution in [1.29, 1.82) is 0 Å². The van der Waals surface area contributed by atoms with Gasteiger partial charge in [-0.15, -0.1) is 0 Å². The fourth-order valence-corrected chi connectivity index (χ4v) is 13.1. The molecule has 2 aliphatic heterocycles. The third kappa shape index (κ3) is 6.52. The van der Waals surface area contributed by atoms with E-state index in [2.05, 4.69) is 257 Å². The minimum Gasteiger partial charge on any atom is -0.454 e. The van der Waals surface area contributed by atoms with Gasteiger partial charge in [0.1, 0.15) is 5.58 Å². The number of hydrogen-bond acceptors (Lipinski definition) is 3. The van der Waals surface area contributed by atoms with Crippen LogP contribution in [-0.4, -0.2) is 11.3 Å². The van der Waals surface area contributed by atoms with E-state index in [9.17, 15) is 0 Å². The number of benzene rings is 8. The molecule has 0 bridgehead atoms. The lowest BCUT2D eigenvalue weighted by molar-refractivity contribution is 0.589. The zero-order valence-corrected chi connectivity index (χ0v) is 45.2. The van der Waals surface area contributed by atoms with Crippen LogP contribution in [0.5, 0.6) is 0 Å². The molecule has 0 N–H and O–H groups in total. The van der Waals surface area contributed by atoms with Crippen LogP contribution in [0.4, 0.5) is 34.1 Å². The molecule has 2 aromatic heterocycles. The van der Waals surface area contributed by atoms with Crippen LogP contribution < -0.4 is 26.2 Å². The zero-order valence-electron chi connectivity index (χ0n) is 45.2. The Bertz CT molecular complexity index is 3940. The van der Waals surface area contributed by atoms with Crippen molar-refractivity contribution in [3.63, 3.8) is 0 Å². The Hall–Kier alpha value is -7.24. The number of hydrogen-bond donors (Lipinski definition) is 0. The third-order valence-corrected chi connectivity index (χ3v) is 16.9. The molecule has 5 heteroatoms. The second-order valence-electron chi connectivity index (χ2n) is 25.3. The average molecular weight is 952 g/mol. The first-order valence-corrected chi connectivity index (χ1v) is 26.5. The molecule has 1 aliphatic carbocycles. The molecule has 13 rings (SSSR count). The highest BCUT2D eigenvalue weighted by molar-refractivity contribution is 7.00. The summed E-state index contributed by atoms with van der Waals surface area (Å²) in [6.45, 7) is 32.7. The molecule has 73 heavy (non-hydrogen) atoms. The second-order valence-corrected chi connectivity index (χ2v) is 25.3. The highest BCUT2D eigenvalue weighted by Crippen LogP contribution is 2.56. The standard InChI is InChI=1S/C68H66BN3O/c1-39-32-57-61-58(33-39)72-62-49(60-63(72)48-21-15-17-23-50(48)68(60,13)14)36-44(67(10,11)12)37-52(62)69(61)51-29-28-45(38-56(51)71(57)55-24-19-22-47-46-20-16-18-25-59(46)73-64(47)55)70(53-30-26-42(34-40(53)2)65(4,5)6)54-31-27-43(35-41(54)3)66(7,8)9/h15-38H,1-14H3. The molecule has 0 fully saturated rings. The molecule has 8 aromatic carbocycles. The number of furan rings is 1. The third-order valence-electron chi connectivity index (χ3n) is 16.9. The van der Waals surface area contributed by atoms with Crippen molar-refractivity contribution < 1.29 is 4.42 Å². The first kappa shape index (κ1) is 45.6. The summed E-state index contributed by atoms with van der Waals surface area (Å²) in [5, 5.41) is 3.61. The van der Waals surface area contributed by atoms with E-state index in [1.165, 1.54) is 106 Å². The summed E-state index contributed by atoms with van der Waals surface area (Å²) in [5.41, 5.74) is 28.2. The van der Waals surface area contributed by atoms with Gasteiger partial charge in [0, 0.05) is 66.8 Å². The van der Waals surface area contributed by atoms with E-state index >= 15 is 0 Å². The van der Waals surface area contributed by atoms with Crippen LogP contribution in [0.1, 0.15) is 121 Å². The van der Waals surface area contributed by atoms with Crippen molar-refractivity contribution in [3.05, 3.63) is 190 Å². The highest BCUT2D eigenvalue weighted by atomic mass is 16.3. The Morgan fingerprint density at radius 3 is 1.82 bits per heavy atom. The lowest BCUT2D eigenvalue weighted by atomic mass is 9.33. The maximum atomic E-state index is 7.03. The van der Waals surface area contributed by atoms with Crippen LogP contribution in [-0.2, 0) is 21.7 Å². The van der Waals surface area contributed by atoms with Gasteiger partial charge in [-0.3, -0.25) is 0 Å². The fourth-order valence-electron chi connectivity index (χ4n) is 13.1. The monoisotopic (exact) mass is 952 g/mol. The van der Waals surface area contributed by atoms with E-state index in [1.54, 1.807) is 0 Å². The Morgan fingerprint density at radius 1 is 0.521 bits per heavy atom. The van der Waals surface area contributed by atoms with Crippen LogP contribution in [0.2, 0.25) is 0 Å². The van der Waals surface area contributed by atoms with Crippen molar-refractivity contribution in [2.75, 3.05) is 9.80 Å². The molecule has 0 saturated carbocycles. The molecular formula is C68H66BN3O. The van der Waals surface area contributed by atoms with E-state index in [-0.39, 0.29) is 28.4 Å². The van der Waals surface area contributed by atoms with Gasteiger partial charge in [-0.1, -0.05) is 167 Å². The summed E-state index contributed by atoms with van der Waals surface area (Å²) in [7, 11) is 0. The normalized spacial score (nSPS) is 14.5. The molecule has 0 saturated heterocycles. The minimum atomic E-state index is -0.193. The van der Waals surface area contributed by atoms with Gasteiger partial charge in [-0.05, 0) is 153 Å². The SMILES string of the molecule is Cc1cc2c3c(c1)-n1c4c(c5cc(C(C)(C)C)cc(c51)B3c1ccc(N(c3ccc(C(C)(C)C)cc3C)c3ccc(C(C)(C)C)cc3C)cc1N2c1cccc2c1oc1ccccc12)C(C)(C)c1ccccc1-4. The number of para-hydroxylation sites is 2. The molecule has 0 radical (unpaired) electrons. The summed E-state index contributed by atoms with van der Waals surface area (Å²) in [4.78, 5) is 5.09. The molecule has 0 unspecified atom stereocenters. The van der Waals surface area contributed by atoms with Crippen LogP contribution in [0.25, 0.3) is 49.8 Å². The first-order valence-electron chi connectivity index (χ1n) is 26.5. The predicted octanol–water partition coefficient (Wildman–Crippen LogP) is 16.7. The van der Waals surface area contributed by atoms with Crippen molar-refractivity contribution in [3.8, 4) is 16.9 Å². The van der Waals surface area contributed by atoms with Crippen LogP contribution >= 0.6 is 0 Å². The van der Waals surface area contributed by atoms with E-state index in [1.807, 2.05) is 0 Å². The molecule has 3 aliphatic rings. The number of aryl methyl sites for hydroxylation is 3. The van der Waals surface area contributed by atoms with Gasteiger partial charge in [0.2, 0.25) is 0 Å². The zero-order chi connectivity index (χ0) is 51.0. The van der Waals surface area contributed by atoms with Crippen LogP contribution in [0.3, 0.4) is 0 Å². The summed E-state index contributed by atoms with van der Waals surface area (Å²) in [6, 6.07) is 55.9. The van der Waals surface area contributed by atoms with E-state index in [4.69, 9.17) is 4.42 Å². The van der Waals surface area contributed by atoms with Crippen molar-refractivity contribution in [2.24, 2.45) is 0 Å². The van der Waals surface area contributed by atoms with E-state index in [0.717, 1.165) is 39.0 Å². The lowest BCUT2D eigenvalue weighted by Gasteiger charge is -2.41. The molecule has 0 atom stereocenters. The number of nitrogens with zero attached hydrogens (tertiary/aromatic N) is 3. The Morgan fingerprint density at radius 2 is 1.15 bits per heavy atom. The van der Waals surface area contributed by atoms with Gasteiger partial charge in [0.15, 0.2) is 5.58 Å². The van der Waals surface area contributed by atoms with Gasteiger partial charge in [-0.2, -0.15) is 0 Å². The topological polar surface area (TPSA) is 24.6 Å². The largest absolute Gasteiger partial charge is 0.454 e. The summed E-state index contributed by atoms with van der Waals surface area (Å²) < 4.78 is 9.71. The average Bonchev–Trinajstić information content (AvgIpc) is 3.97.